The second-order valence-electron chi connectivity index (χ2n) is 5.36. The summed E-state index contributed by atoms with van der Waals surface area (Å²) in [4.78, 5) is 35.5. The molecule has 2 atom stereocenters. The fourth-order valence-electron chi connectivity index (χ4n) is 2.58. The van der Waals surface area contributed by atoms with Gasteiger partial charge in [-0.3, -0.25) is 9.59 Å². The standard InChI is InChI=1S/C14H21N4O3.2C2H6.Fm/c1-10(2)18(13(20)8-16-9-19)12(7-15)6-11-4-3-5-17-14(11)21;2*1-2;/h10-12H,3-6,8H2,1-2H3,(H,16,19)(H,17,21);2*1-2H3;/q-1;;;/t11-,12?;;;/m0.../s1. The first-order chi connectivity index (χ1) is 12.0. The van der Waals surface area contributed by atoms with Crippen LogP contribution in [0, 0.1) is 17.2 Å². The minimum atomic E-state index is -0.681. The molecule has 0 aromatic carbocycles. The zero-order chi connectivity index (χ0) is 19.8. The fourth-order valence-corrected chi connectivity index (χ4v) is 2.58. The minimum Gasteiger partial charge on any atom is -0.522 e. The third kappa shape index (κ3) is 9.26. The van der Waals surface area contributed by atoms with Gasteiger partial charge in [-0.15, -0.1) is 0 Å². The summed E-state index contributed by atoms with van der Waals surface area (Å²) >= 11 is 0. The molecular weight excluding hydrogens is 577 g/mol. The van der Waals surface area contributed by atoms with E-state index < -0.39 is 6.04 Å². The van der Waals surface area contributed by atoms with Gasteiger partial charge in [0.1, 0.15) is 6.04 Å². The molecule has 0 radical (unpaired) electrons. The number of carbonyl (C=O) groups is 2. The first-order valence-corrected chi connectivity index (χ1v) is 9.09. The molecule has 0 aromatic heterocycles. The van der Waals surface area contributed by atoms with Crippen LogP contribution >= 0.6 is 0 Å². The van der Waals surface area contributed by atoms with Crippen molar-refractivity contribution < 1.29 is 14.4 Å². The van der Waals surface area contributed by atoms with E-state index in [0.29, 0.717) is 13.0 Å². The number of rotatable bonds is 7. The molecule has 3 amide bonds. The Morgan fingerprint density at radius 1 is 1.38 bits per heavy atom. The summed E-state index contributed by atoms with van der Waals surface area (Å²) in [5.74, 6) is -0.656. The largest absolute Gasteiger partial charge is 0.522 e. The van der Waals surface area contributed by atoms with Gasteiger partial charge < -0.3 is 20.3 Å². The SMILES string of the molecule is CC.CC.CC(C)N(C(=O)CN[C-]=O)C(C#N)C[C@@H]1CCCNC1=O.[Fm]. The van der Waals surface area contributed by atoms with Crippen LogP contribution in [0.25, 0.3) is 0 Å². The van der Waals surface area contributed by atoms with Crippen molar-refractivity contribution in [1.82, 2.24) is 15.5 Å². The van der Waals surface area contributed by atoms with E-state index in [2.05, 4.69) is 16.7 Å². The number of piperidine rings is 1. The third-order valence-electron chi connectivity index (χ3n) is 3.55. The maximum Gasteiger partial charge on any atom is 0.240 e. The Bertz CT molecular complexity index is 439. The van der Waals surface area contributed by atoms with Gasteiger partial charge in [0.05, 0.1) is 12.6 Å². The van der Waals surface area contributed by atoms with Crippen molar-refractivity contribution in [2.75, 3.05) is 13.1 Å². The summed E-state index contributed by atoms with van der Waals surface area (Å²) in [7, 11) is 0. The van der Waals surface area contributed by atoms with Crippen molar-refractivity contribution in [1.29, 1.82) is 5.26 Å². The smallest absolute Gasteiger partial charge is 0.240 e. The van der Waals surface area contributed by atoms with Crippen LogP contribution in [-0.2, 0) is 14.4 Å². The van der Waals surface area contributed by atoms with Crippen LogP contribution < -0.4 is 10.6 Å². The molecule has 1 aliphatic rings. The van der Waals surface area contributed by atoms with E-state index in [-0.39, 0.29) is 30.3 Å². The normalized spacial score (nSPS) is 16.1. The second-order valence-corrected chi connectivity index (χ2v) is 5.36. The van der Waals surface area contributed by atoms with Gasteiger partial charge in [0, 0.05) is 18.5 Å². The number of hydrogen-bond donors (Lipinski definition) is 2. The molecule has 1 heterocycles. The van der Waals surface area contributed by atoms with Crippen molar-refractivity contribution in [3.05, 3.63) is 0 Å². The molecule has 0 aliphatic carbocycles. The van der Waals surface area contributed by atoms with E-state index in [1.807, 2.05) is 27.7 Å². The Morgan fingerprint density at radius 3 is 2.38 bits per heavy atom. The topological polar surface area (TPSA) is 102 Å². The van der Waals surface area contributed by atoms with Gasteiger partial charge in [-0.05, 0) is 33.1 Å². The Morgan fingerprint density at radius 2 is 1.96 bits per heavy atom. The molecule has 26 heavy (non-hydrogen) atoms. The van der Waals surface area contributed by atoms with Crippen LogP contribution in [0.1, 0.15) is 60.8 Å². The number of nitriles is 1. The van der Waals surface area contributed by atoms with E-state index in [1.165, 1.54) is 11.3 Å². The molecule has 1 fully saturated rings. The van der Waals surface area contributed by atoms with Gasteiger partial charge in [0.15, 0.2) is 0 Å². The average molecular weight is 610 g/mol. The molecule has 1 rings (SSSR count). The van der Waals surface area contributed by atoms with Crippen LogP contribution in [0.2, 0.25) is 0 Å². The van der Waals surface area contributed by atoms with Crippen LogP contribution in [0.4, 0.5) is 0 Å². The van der Waals surface area contributed by atoms with Crippen molar-refractivity contribution in [3.8, 4) is 6.07 Å². The quantitative estimate of drug-likeness (QED) is 0.339. The fraction of sp³-hybridized carbons (Fsp3) is 0.778. The summed E-state index contributed by atoms with van der Waals surface area (Å²) in [6.07, 6.45) is 3.37. The van der Waals surface area contributed by atoms with Crippen LogP contribution in [-0.4, -0.2) is 48.3 Å². The summed E-state index contributed by atoms with van der Waals surface area (Å²) < 4.78 is 0. The van der Waals surface area contributed by atoms with Crippen LogP contribution in [0.3, 0.4) is 0 Å². The van der Waals surface area contributed by atoms with Crippen molar-refractivity contribution in [2.45, 2.75) is 72.9 Å². The zero-order valence-electron chi connectivity index (χ0n) is 16.7. The van der Waals surface area contributed by atoms with Gasteiger partial charge >= 0.3 is 0 Å². The Labute approximate surface area is 152 Å². The number of amides is 3. The maximum absolute atomic E-state index is 12.1. The van der Waals surface area contributed by atoms with E-state index in [0.717, 1.165) is 12.8 Å². The van der Waals surface area contributed by atoms with Gasteiger partial charge in [-0.25, -0.2) is 0 Å². The monoisotopic (exact) mass is 610 g/mol. The predicted molar refractivity (Wildman–Crippen MR) is 98.1 cm³/mol. The van der Waals surface area contributed by atoms with E-state index in [1.54, 1.807) is 13.8 Å². The first kappa shape index (κ1) is 27.7. The Balaban J connectivity index is -0.000000985. The van der Waals surface area contributed by atoms with Gasteiger partial charge in [-0.2, -0.15) is 11.7 Å². The van der Waals surface area contributed by atoms with Crippen molar-refractivity contribution >= 4 is 18.2 Å². The second kappa shape index (κ2) is 16.7. The van der Waals surface area contributed by atoms with Crippen LogP contribution in [0.5, 0.6) is 0 Å². The van der Waals surface area contributed by atoms with E-state index in [9.17, 15) is 19.6 Å². The molecule has 0 spiro atoms. The maximum atomic E-state index is 12.1. The summed E-state index contributed by atoms with van der Waals surface area (Å²) in [6, 6.07) is 1.23. The Kier molecular flexibility index (Phi) is 17.9. The molecule has 0 bridgehead atoms. The summed E-state index contributed by atoms with van der Waals surface area (Å²) in [5, 5.41) is 14.3. The molecular formula is C18H33FmN4O3-. The molecule has 1 aliphatic heterocycles. The molecule has 1 saturated heterocycles. The van der Waals surface area contributed by atoms with E-state index in [4.69, 9.17) is 0 Å². The predicted octanol–water partition coefficient (Wildman–Crippen LogP) is 1.74. The average Bonchev–Trinajstić information content (AvgIpc) is 2.64. The van der Waals surface area contributed by atoms with Gasteiger partial charge in [0.25, 0.3) is 0 Å². The van der Waals surface area contributed by atoms with E-state index >= 15 is 0 Å². The summed E-state index contributed by atoms with van der Waals surface area (Å²) in [5.41, 5.74) is 0. The summed E-state index contributed by atoms with van der Waals surface area (Å²) in [6.45, 7) is 12.1. The molecule has 8 heteroatoms. The molecule has 156 valence electrons. The van der Waals surface area contributed by atoms with Crippen LogP contribution in [0.15, 0.2) is 0 Å². The van der Waals surface area contributed by atoms with Crippen molar-refractivity contribution in [3.63, 3.8) is 0 Å². The molecule has 1 unspecified atom stereocenters. The molecule has 0 aromatic rings. The molecule has 2 N–H and O–H groups in total. The zero-order valence-corrected chi connectivity index (χ0v) is 19.1. The Hall–Kier alpha value is -3.10. The first-order valence-electron chi connectivity index (χ1n) is 9.09. The third-order valence-corrected chi connectivity index (χ3v) is 3.55. The number of nitrogens with one attached hydrogen (secondary N) is 2. The van der Waals surface area contributed by atoms with Gasteiger partial charge in [-0.1, -0.05) is 27.7 Å². The van der Waals surface area contributed by atoms with Crippen molar-refractivity contribution in [2.24, 2.45) is 5.92 Å². The number of hydrogen-bond acceptors (Lipinski definition) is 4. The number of nitrogens with zero attached hydrogens (tertiary/aromatic N) is 2. The minimum absolute atomic E-state index is 0. The molecule has 7 nitrogen and oxygen atoms in total. The number of carbonyl (C=O) groups excluding carboxylic acids is 3. The van der Waals surface area contributed by atoms with Gasteiger partial charge in [0.2, 0.25) is 11.8 Å². The molecule has 0 saturated carbocycles.